The molecule has 0 saturated heterocycles. The summed E-state index contributed by atoms with van der Waals surface area (Å²) in [5.74, 6) is -2.51. The average Bonchev–Trinajstić information content (AvgIpc) is 2.48. The molecule has 9 heteroatoms. The molecular formula is C14H9K2N3O4. The van der Waals surface area contributed by atoms with E-state index in [-0.39, 0.29) is 114 Å². The van der Waals surface area contributed by atoms with E-state index < -0.39 is 11.9 Å². The Bertz CT molecular complexity index is 688. The number of carbonyl (C=O) groups excluding carboxylic acids is 2. The molecule has 7 nitrogen and oxygen atoms in total. The number of carbonyl (C=O) groups is 2. The Morgan fingerprint density at radius 2 is 1.22 bits per heavy atom. The second kappa shape index (κ2) is 11.6. The Labute approximate surface area is 217 Å². The Hall–Kier alpha value is 0.0527. The van der Waals surface area contributed by atoms with E-state index in [0.29, 0.717) is 11.4 Å². The van der Waals surface area contributed by atoms with Gasteiger partial charge in [-0.05, 0) is 35.4 Å². The number of anilines is 1. The van der Waals surface area contributed by atoms with Gasteiger partial charge in [-0.1, -0.05) is 29.5 Å². The second-order valence-corrected chi connectivity index (χ2v) is 4.01. The molecule has 1 N–H and O–H groups in total. The molecule has 0 aromatic heterocycles. The first-order valence-corrected chi connectivity index (χ1v) is 5.86. The van der Waals surface area contributed by atoms with Crippen LogP contribution in [0.1, 0.15) is 20.7 Å². The average molecular weight is 361 g/mol. The summed E-state index contributed by atoms with van der Waals surface area (Å²) in [6.07, 6.45) is 0. The summed E-state index contributed by atoms with van der Waals surface area (Å²) < 4.78 is 0. The van der Waals surface area contributed by atoms with Crippen LogP contribution < -0.4 is 118 Å². The third-order valence-electron chi connectivity index (χ3n) is 2.57. The smallest absolute Gasteiger partial charge is 0.545 e. The van der Waals surface area contributed by atoms with Crippen molar-refractivity contribution in [2.75, 3.05) is 5.43 Å². The van der Waals surface area contributed by atoms with E-state index in [1.54, 1.807) is 0 Å². The number of carboxylic acids is 2. The number of nitrogens with zero attached hydrogens (tertiary/aromatic N) is 2. The van der Waals surface area contributed by atoms with Crippen molar-refractivity contribution in [1.29, 1.82) is 0 Å². The number of rotatable bonds is 5. The van der Waals surface area contributed by atoms with Gasteiger partial charge in [0.1, 0.15) is 0 Å². The van der Waals surface area contributed by atoms with Crippen LogP contribution in [-0.4, -0.2) is 11.9 Å². The van der Waals surface area contributed by atoms with Crippen molar-refractivity contribution in [3.63, 3.8) is 0 Å². The van der Waals surface area contributed by atoms with E-state index in [1.165, 1.54) is 48.5 Å². The van der Waals surface area contributed by atoms with E-state index in [9.17, 15) is 19.8 Å². The van der Waals surface area contributed by atoms with Crippen molar-refractivity contribution in [2.24, 2.45) is 10.3 Å². The molecule has 2 aromatic carbocycles. The zero-order chi connectivity index (χ0) is 15.2. The predicted molar refractivity (Wildman–Crippen MR) is 69.7 cm³/mol. The number of hydrogen-bond acceptors (Lipinski definition) is 6. The van der Waals surface area contributed by atoms with E-state index in [2.05, 4.69) is 15.8 Å². The van der Waals surface area contributed by atoms with Gasteiger partial charge in [-0.2, -0.15) is 0 Å². The quantitative estimate of drug-likeness (QED) is 0.324. The fraction of sp³-hybridized carbons (Fsp3) is 0. The van der Waals surface area contributed by atoms with E-state index in [0.717, 1.165) is 0 Å². The molecule has 0 radical (unpaired) electrons. The van der Waals surface area contributed by atoms with Crippen molar-refractivity contribution in [3.05, 3.63) is 59.7 Å². The molecule has 2 aromatic rings. The van der Waals surface area contributed by atoms with Crippen LogP contribution in [0, 0.1) is 0 Å². The molecule has 0 heterocycles. The van der Waals surface area contributed by atoms with Crippen molar-refractivity contribution >= 4 is 23.3 Å². The maximum absolute atomic E-state index is 10.6. The minimum atomic E-state index is -1.26. The molecule has 0 aliphatic carbocycles. The number of nitrogens with one attached hydrogen (secondary N) is 1. The Morgan fingerprint density at radius 3 is 1.65 bits per heavy atom. The summed E-state index contributed by atoms with van der Waals surface area (Å²) in [6, 6.07) is 11.5. The van der Waals surface area contributed by atoms with Crippen LogP contribution in [0.25, 0.3) is 0 Å². The van der Waals surface area contributed by atoms with Crippen LogP contribution in [0.15, 0.2) is 58.9 Å². The first-order chi connectivity index (χ1) is 10.1. The van der Waals surface area contributed by atoms with Crippen LogP contribution in [0.2, 0.25) is 0 Å². The standard InChI is InChI=1S/C14H11N3O4.2K/c18-13(19)9-1-5-11(6-2-9)15-17-16-12-7-3-10(4-8-12)14(20)21;;/h1-8H,(H,15,16)(H,18,19)(H,20,21);;/q;2*+1/p-2. The summed E-state index contributed by atoms with van der Waals surface area (Å²) in [6.45, 7) is 0. The monoisotopic (exact) mass is 361 g/mol. The van der Waals surface area contributed by atoms with E-state index >= 15 is 0 Å². The summed E-state index contributed by atoms with van der Waals surface area (Å²) in [7, 11) is 0. The van der Waals surface area contributed by atoms with E-state index in [4.69, 9.17) is 0 Å². The fourth-order valence-electron chi connectivity index (χ4n) is 1.49. The first kappa shape index (κ1) is 23.1. The third kappa shape index (κ3) is 7.65. The zero-order valence-corrected chi connectivity index (χ0v) is 18.9. The van der Waals surface area contributed by atoms with Crippen LogP contribution in [0.4, 0.5) is 11.4 Å². The number of hydrogen-bond donors (Lipinski definition) is 1. The van der Waals surface area contributed by atoms with Gasteiger partial charge >= 0.3 is 103 Å². The molecule has 0 unspecified atom stereocenters. The molecular weight excluding hydrogens is 352 g/mol. The molecule has 0 spiro atoms. The van der Waals surface area contributed by atoms with Gasteiger partial charge in [0.2, 0.25) is 0 Å². The summed E-state index contributed by atoms with van der Waals surface area (Å²) in [5.41, 5.74) is 3.74. The maximum atomic E-state index is 10.6. The van der Waals surface area contributed by atoms with Crippen molar-refractivity contribution in [3.8, 4) is 0 Å². The van der Waals surface area contributed by atoms with Crippen molar-refractivity contribution in [2.45, 2.75) is 0 Å². The fourth-order valence-corrected chi connectivity index (χ4v) is 1.49. The van der Waals surface area contributed by atoms with Crippen LogP contribution in [0.5, 0.6) is 0 Å². The Morgan fingerprint density at radius 1 is 0.783 bits per heavy atom. The van der Waals surface area contributed by atoms with Crippen LogP contribution >= 0.6 is 0 Å². The Kier molecular flexibility index (Phi) is 11.6. The van der Waals surface area contributed by atoms with Crippen molar-refractivity contribution in [1.82, 2.24) is 0 Å². The number of aromatic carboxylic acids is 2. The summed E-state index contributed by atoms with van der Waals surface area (Å²) in [4.78, 5) is 21.1. The molecule has 106 valence electrons. The maximum Gasteiger partial charge on any atom is 1.00 e. The normalized spacial score (nSPS) is 9.57. The van der Waals surface area contributed by atoms with Crippen LogP contribution in [-0.2, 0) is 0 Å². The van der Waals surface area contributed by atoms with Gasteiger partial charge in [0.25, 0.3) is 0 Å². The van der Waals surface area contributed by atoms with Gasteiger partial charge in [-0.25, -0.2) is 0 Å². The van der Waals surface area contributed by atoms with Crippen molar-refractivity contribution < 1.29 is 123 Å². The predicted octanol–water partition coefficient (Wildman–Crippen LogP) is -5.47. The van der Waals surface area contributed by atoms with Gasteiger partial charge in [0, 0.05) is 0 Å². The van der Waals surface area contributed by atoms with Crippen LogP contribution in [0.3, 0.4) is 0 Å². The van der Waals surface area contributed by atoms with Gasteiger partial charge in [-0.15, -0.1) is 5.11 Å². The third-order valence-corrected chi connectivity index (χ3v) is 2.57. The topological polar surface area (TPSA) is 117 Å². The van der Waals surface area contributed by atoms with Gasteiger partial charge < -0.3 is 19.8 Å². The molecule has 2 rings (SSSR count). The molecule has 0 amide bonds. The van der Waals surface area contributed by atoms with Gasteiger partial charge in [-0.3, -0.25) is 5.43 Å². The molecule has 0 bridgehead atoms. The summed E-state index contributed by atoms with van der Waals surface area (Å²) >= 11 is 0. The zero-order valence-electron chi connectivity index (χ0n) is 12.6. The minimum Gasteiger partial charge on any atom is -0.545 e. The second-order valence-electron chi connectivity index (χ2n) is 4.01. The molecule has 0 fully saturated rings. The molecule has 23 heavy (non-hydrogen) atoms. The van der Waals surface area contributed by atoms with Gasteiger partial charge in [0.15, 0.2) is 0 Å². The molecule has 0 saturated carbocycles. The SMILES string of the molecule is O=C([O-])c1ccc(N=NNc2ccc(C(=O)[O-])cc2)cc1.[K+].[K+]. The van der Waals surface area contributed by atoms with Gasteiger partial charge in [0.05, 0.1) is 23.3 Å². The minimum absolute atomic E-state index is 0. The number of benzene rings is 2. The molecule has 0 aliphatic heterocycles. The molecule has 0 aliphatic rings. The summed E-state index contributed by atoms with van der Waals surface area (Å²) in [5, 5.41) is 28.7. The first-order valence-electron chi connectivity index (χ1n) is 5.86. The number of carboxylic acid groups (broad SMARTS) is 2. The largest absolute Gasteiger partial charge is 1.00 e. The Balaban J connectivity index is 0.00000242. The molecule has 0 atom stereocenters. The van der Waals surface area contributed by atoms with E-state index in [1.807, 2.05) is 0 Å².